The summed E-state index contributed by atoms with van der Waals surface area (Å²) in [6, 6.07) is 8.34. The molecule has 20 heavy (non-hydrogen) atoms. The Balaban J connectivity index is 2.22. The fourth-order valence-corrected chi connectivity index (χ4v) is 1.72. The first kappa shape index (κ1) is 13.6. The zero-order chi connectivity index (χ0) is 14.5. The molecule has 2 N–H and O–H groups in total. The first-order chi connectivity index (χ1) is 9.63. The molecule has 0 spiro atoms. The second kappa shape index (κ2) is 5.89. The molecule has 102 valence electrons. The third-order valence-corrected chi connectivity index (χ3v) is 2.70. The lowest BCUT2D eigenvalue weighted by atomic mass is 10.2. The maximum Gasteiger partial charge on any atom is 0.288 e. The van der Waals surface area contributed by atoms with E-state index in [1.54, 1.807) is 31.2 Å². The topological polar surface area (TPSA) is 73.8 Å². The van der Waals surface area contributed by atoms with E-state index in [0.717, 1.165) is 0 Å². The summed E-state index contributed by atoms with van der Waals surface area (Å²) < 4.78 is 0. The first-order valence-electron chi connectivity index (χ1n) is 6.08. The largest absolute Gasteiger partial charge is 0.338 e. The molecule has 0 saturated carbocycles. The predicted octanol–water partition coefficient (Wildman–Crippen LogP) is 0.0742. The molecule has 0 radical (unpaired) electrons. The van der Waals surface area contributed by atoms with E-state index in [0.29, 0.717) is 5.69 Å². The Labute approximate surface area is 116 Å². The molecule has 1 aromatic rings. The highest BCUT2D eigenvalue weighted by Gasteiger charge is 2.30. The molecule has 6 nitrogen and oxygen atoms in total. The Bertz CT molecular complexity index is 589. The minimum atomic E-state index is -0.636. The van der Waals surface area contributed by atoms with Crippen molar-refractivity contribution in [2.45, 2.75) is 13.0 Å². The summed E-state index contributed by atoms with van der Waals surface area (Å²) in [5, 5.41) is 3.81. The summed E-state index contributed by atoms with van der Waals surface area (Å²) in [5.41, 5.74) is 3.35. The SMILES string of the molecule is C#CCNC(=O)C1=N[C@H](C)C(=O)N(c2ccccc2)N1. The highest BCUT2D eigenvalue weighted by Crippen LogP contribution is 2.15. The van der Waals surface area contributed by atoms with Gasteiger partial charge in [-0.3, -0.25) is 15.0 Å². The van der Waals surface area contributed by atoms with Crippen molar-refractivity contribution in [1.82, 2.24) is 10.7 Å². The number of carbonyl (C=O) groups is 2. The van der Waals surface area contributed by atoms with E-state index in [2.05, 4.69) is 21.7 Å². The van der Waals surface area contributed by atoms with Gasteiger partial charge in [0.05, 0.1) is 12.2 Å². The van der Waals surface area contributed by atoms with E-state index in [1.807, 2.05) is 6.07 Å². The van der Waals surface area contributed by atoms with Crippen molar-refractivity contribution >= 4 is 23.3 Å². The standard InChI is InChI=1S/C14H14N4O2/c1-3-9-15-13(19)12-16-10(2)14(20)18(17-12)11-7-5-4-6-8-11/h1,4-8,10H,9H2,2H3,(H,15,19)(H,16,17)/t10-/m1/s1. The number of nitrogens with zero attached hydrogens (tertiary/aromatic N) is 2. The van der Waals surface area contributed by atoms with Crippen LogP contribution in [-0.2, 0) is 9.59 Å². The van der Waals surface area contributed by atoms with Crippen molar-refractivity contribution in [3.8, 4) is 12.3 Å². The lowest BCUT2D eigenvalue weighted by Crippen LogP contribution is -2.58. The molecule has 1 aromatic carbocycles. The average molecular weight is 270 g/mol. The molecule has 1 aliphatic heterocycles. The molecule has 0 saturated heterocycles. The minimum absolute atomic E-state index is 0.0659. The number of amides is 2. The molecular weight excluding hydrogens is 256 g/mol. The van der Waals surface area contributed by atoms with Gasteiger partial charge >= 0.3 is 0 Å². The van der Waals surface area contributed by atoms with Gasteiger partial charge in [-0.1, -0.05) is 24.1 Å². The smallest absolute Gasteiger partial charge is 0.288 e. The lowest BCUT2D eigenvalue weighted by Gasteiger charge is -2.30. The number of carbonyl (C=O) groups excluding carboxylic acids is 2. The van der Waals surface area contributed by atoms with Crippen molar-refractivity contribution in [3.63, 3.8) is 0 Å². The summed E-state index contributed by atoms with van der Waals surface area (Å²) in [6.07, 6.45) is 5.08. The van der Waals surface area contributed by atoms with Gasteiger partial charge in [0.15, 0.2) is 0 Å². The van der Waals surface area contributed by atoms with Crippen molar-refractivity contribution in [1.29, 1.82) is 0 Å². The number of rotatable bonds is 3. The monoisotopic (exact) mass is 270 g/mol. The summed E-state index contributed by atoms with van der Waals surface area (Å²) in [5.74, 6) is 1.70. The van der Waals surface area contributed by atoms with Gasteiger partial charge < -0.3 is 5.32 Å². The van der Waals surface area contributed by atoms with Gasteiger partial charge in [-0.2, -0.15) is 0 Å². The lowest BCUT2D eigenvalue weighted by molar-refractivity contribution is -0.120. The van der Waals surface area contributed by atoms with E-state index < -0.39 is 11.9 Å². The number of aliphatic imine (C=N–C) groups is 1. The third kappa shape index (κ3) is 2.78. The number of hydrogen-bond donors (Lipinski definition) is 2. The van der Waals surface area contributed by atoms with E-state index in [9.17, 15) is 9.59 Å². The van der Waals surface area contributed by atoms with E-state index in [-0.39, 0.29) is 18.3 Å². The van der Waals surface area contributed by atoms with Crippen molar-refractivity contribution in [2.75, 3.05) is 11.6 Å². The molecule has 0 aromatic heterocycles. The molecule has 1 atom stereocenters. The van der Waals surface area contributed by atoms with Crippen molar-refractivity contribution < 1.29 is 9.59 Å². The molecule has 0 fully saturated rings. The Morgan fingerprint density at radius 2 is 2.20 bits per heavy atom. The van der Waals surface area contributed by atoms with Crippen LogP contribution < -0.4 is 15.8 Å². The number of hydrazine groups is 1. The maximum absolute atomic E-state index is 12.1. The van der Waals surface area contributed by atoms with Crippen LogP contribution in [0.1, 0.15) is 6.92 Å². The molecular formula is C14H14N4O2. The number of terminal acetylenes is 1. The highest BCUT2D eigenvalue weighted by atomic mass is 16.2. The summed E-state index contributed by atoms with van der Waals surface area (Å²) in [4.78, 5) is 28.0. The summed E-state index contributed by atoms with van der Waals surface area (Å²) in [7, 11) is 0. The Morgan fingerprint density at radius 1 is 1.50 bits per heavy atom. The molecule has 1 heterocycles. The van der Waals surface area contributed by atoms with Crippen LogP contribution in [-0.4, -0.2) is 30.2 Å². The second-order valence-corrected chi connectivity index (χ2v) is 4.16. The van der Waals surface area contributed by atoms with Crippen LogP contribution in [0.2, 0.25) is 0 Å². The van der Waals surface area contributed by atoms with Gasteiger partial charge in [0.25, 0.3) is 11.8 Å². The van der Waals surface area contributed by atoms with Gasteiger partial charge in [0.1, 0.15) is 6.04 Å². The molecule has 6 heteroatoms. The quantitative estimate of drug-likeness (QED) is 0.764. The fourth-order valence-electron chi connectivity index (χ4n) is 1.72. The summed E-state index contributed by atoms with van der Waals surface area (Å²) >= 11 is 0. The van der Waals surface area contributed by atoms with Crippen LogP contribution in [0.3, 0.4) is 0 Å². The minimum Gasteiger partial charge on any atom is -0.338 e. The van der Waals surface area contributed by atoms with Crippen LogP contribution in [0, 0.1) is 12.3 Å². The Hall–Kier alpha value is -2.81. The second-order valence-electron chi connectivity index (χ2n) is 4.16. The van der Waals surface area contributed by atoms with Gasteiger partial charge in [-0.05, 0) is 19.1 Å². The van der Waals surface area contributed by atoms with Crippen LogP contribution >= 0.6 is 0 Å². The number of amidine groups is 1. The maximum atomic E-state index is 12.1. The number of benzene rings is 1. The fraction of sp³-hybridized carbons (Fsp3) is 0.214. The van der Waals surface area contributed by atoms with Crippen LogP contribution in [0.15, 0.2) is 35.3 Å². The van der Waals surface area contributed by atoms with Crippen LogP contribution in [0.25, 0.3) is 0 Å². The Morgan fingerprint density at radius 3 is 2.85 bits per heavy atom. The van der Waals surface area contributed by atoms with Crippen LogP contribution in [0.5, 0.6) is 0 Å². The number of hydrogen-bond acceptors (Lipinski definition) is 4. The number of nitrogens with one attached hydrogen (secondary N) is 2. The first-order valence-corrected chi connectivity index (χ1v) is 6.08. The van der Waals surface area contributed by atoms with Crippen molar-refractivity contribution in [3.05, 3.63) is 30.3 Å². The number of para-hydroxylation sites is 1. The molecule has 2 rings (SSSR count). The van der Waals surface area contributed by atoms with Gasteiger partial charge in [0.2, 0.25) is 5.84 Å². The van der Waals surface area contributed by atoms with Crippen LogP contribution in [0.4, 0.5) is 5.69 Å². The molecule has 0 bridgehead atoms. The van der Waals surface area contributed by atoms with Gasteiger partial charge in [-0.25, -0.2) is 10.0 Å². The zero-order valence-electron chi connectivity index (χ0n) is 11.0. The van der Waals surface area contributed by atoms with E-state index >= 15 is 0 Å². The molecule has 1 aliphatic rings. The summed E-state index contributed by atoms with van der Waals surface area (Å²) in [6.45, 7) is 1.74. The average Bonchev–Trinajstić information content (AvgIpc) is 2.48. The molecule has 2 amide bonds. The van der Waals surface area contributed by atoms with Crippen molar-refractivity contribution in [2.24, 2.45) is 4.99 Å². The normalized spacial score (nSPS) is 17.8. The van der Waals surface area contributed by atoms with E-state index in [1.165, 1.54) is 5.01 Å². The van der Waals surface area contributed by atoms with E-state index in [4.69, 9.17) is 6.42 Å². The highest BCUT2D eigenvalue weighted by molar-refractivity contribution is 6.39. The molecule has 0 aliphatic carbocycles. The predicted molar refractivity (Wildman–Crippen MR) is 75.8 cm³/mol. The number of anilines is 1. The third-order valence-electron chi connectivity index (χ3n) is 2.70. The molecule has 0 unspecified atom stereocenters. The van der Waals surface area contributed by atoms with Gasteiger partial charge in [-0.15, -0.1) is 6.42 Å². The Kier molecular flexibility index (Phi) is 4.01. The zero-order valence-corrected chi connectivity index (χ0v) is 11.0. The van der Waals surface area contributed by atoms with Gasteiger partial charge in [0, 0.05) is 0 Å².